The molecule has 2 heterocycles. The molecule has 1 amide bonds. The van der Waals surface area contributed by atoms with E-state index in [-0.39, 0.29) is 18.5 Å². The van der Waals surface area contributed by atoms with Crippen molar-refractivity contribution in [2.24, 2.45) is 5.92 Å². The normalized spacial score (nSPS) is 22.4. The molecule has 0 aliphatic heterocycles. The molecule has 0 aromatic carbocycles. The molecule has 6 nitrogen and oxygen atoms in total. The van der Waals surface area contributed by atoms with Crippen LogP contribution < -0.4 is 5.69 Å². The molecule has 0 bridgehead atoms. The van der Waals surface area contributed by atoms with Crippen LogP contribution in [0.15, 0.2) is 39.8 Å². The Labute approximate surface area is 140 Å². The van der Waals surface area contributed by atoms with Gasteiger partial charge in [0.25, 0.3) is 0 Å². The predicted octanol–water partition coefficient (Wildman–Crippen LogP) is 2.15. The van der Waals surface area contributed by atoms with Crippen molar-refractivity contribution in [3.63, 3.8) is 0 Å². The summed E-state index contributed by atoms with van der Waals surface area (Å²) in [7, 11) is 0. The SMILES string of the molecule is C[C@@H]1C[C@@H]1c1ccc(CN(C(=O)Cn2cccnc2=O)C2CC2)o1. The highest BCUT2D eigenvalue weighted by Crippen LogP contribution is 2.47. The number of carbonyl (C=O) groups is 1. The number of aromatic nitrogens is 2. The molecule has 0 spiro atoms. The van der Waals surface area contributed by atoms with Crippen LogP contribution in [0.4, 0.5) is 0 Å². The highest BCUT2D eigenvalue weighted by Gasteiger charge is 2.37. The zero-order valence-corrected chi connectivity index (χ0v) is 13.7. The summed E-state index contributed by atoms with van der Waals surface area (Å²) in [5.41, 5.74) is -0.399. The molecule has 2 aromatic rings. The first-order valence-corrected chi connectivity index (χ1v) is 8.51. The largest absolute Gasteiger partial charge is 0.464 e. The molecule has 0 N–H and O–H groups in total. The standard InChI is InChI=1S/C18H21N3O3/c1-12-9-15(12)16-6-5-14(24-16)10-21(13-3-4-13)17(22)11-20-8-2-7-19-18(20)23/h2,5-8,12-13,15H,3-4,9-11H2,1H3/t12-,15+/m1/s1. The lowest BCUT2D eigenvalue weighted by Crippen LogP contribution is -2.37. The van der Waals surface area contributed by atoms with Gasteiger partial charge < -0.3 is 9.32 Å². The second-order valence-electron chi connectivity index (χ2n) is 6.91. The van der Waals surface area contributed by atoms with Crippen LogP contribution >= 0.6 is 0 Å². The topological polar surface area (TPSA) is 68.3 Å². The van der Waals surface area contributed by atoms with Gasteiger partial charge in [0.1, 0.15) is 18.1 Å². The molecular formula is C18H21N3O3. The number of hydrogen-bond donors (Lipinski definition) is 0. The van der Waals surface area contributed by atoms with Crippen LogP contribution in [0, 0.1) is 5.92 Å². The maximum atomic E-state index is 12.7. The van der Waals surface area contributed by atoms with Crippen molar-refractivity contribution in [3.05, 3.63) is 52.6 Å². The van der Waals surface area contributed by atoms with E-state index in [1.165, 1.54) is 17.2 Å². The highest BCUT2D eigenvalue weighted by molar-refractivity contribution is 5.76. The lowest BCUT2D eigenvalue weighted by Gasteiger charge is -2.21. The van der Waals surface area contributed by atoms with Gasteiger partial charge in [-0.3, -0.25) is 9.36 Å². The van der Waals surface area contributed by atoms with Gasteiger partial charge in [-0.15, -0.1) is 0 Å². The van der Waals surface area contributed by atoms with Crippen molar-refractivity contribution >= 4 is 5.91 Å². The van der Waals surface area contributed by atoms with Gasteiger partial charge in [0.05, 0.1) is 6.54 Å². The Balaban J connectivity index is 1.46. The van der Waals surface area contributed by atoms with E-state index in [0.29, 0.717) is 18.4 Å². The summed E-state index contributed by atoms with van der Waals surface area (Å²) in [5, 5.41) is 0. The Morgan fingerprint density at radius 1 is 1.42 bits per heavy atom. The van der Waals surface area contributed by atoms with Crippen molar-refractivity contribution in [2.75, 3.05) is 0 Å². The highest BCUT2D eigenvalue weighted by atomic mass is 16.3. The van der Waals surface area contributed by atoms with Gasteiger partial charge in [0.2, 0.25) is 5.91 Å². The molecule has 0 radical (unpaired) electrons. The fraction of sp³-hybridized carbons (Fsp3) is 0.500. The molecule has 2 aliphatic rings. The second-order valence-corrected chi connectivity index (χ2v) is 6.91. The Morgan fingerprint density at radius 2 is 2.21 bits per heavy atom. The van der Waals surface area contributed by atoms with E-state index in [2.05, 4.69) is 11.9 Å². The van der Waals surface area contributed by atoms with Crippen LogP contribution in [0.3, 0.4) is 0 Å². The summed E-state index contributed by atoms with van der Waals surface area (Å²) in [4.78, 5) is 29.9. The van der Waals surface area contributed by atoms with Crippen LogP contribution in [0.25, 0.3) is 0 Å². The van der Waals surface area contributed by atoms with E-state index < -0.39 is 5.69 Å². The van der Waals surface area contributed by atoms with Crippen LogP contribution in [0.5, 0.6) is 0 Å². The van der Waals surface area contributed by atoms with E-state index in [4.69, 9.17) is 4.42 Å². The summed E-state index contributed by atoms with van der Waals surface area (Å²) in [5.74, 6) is 3.03. The number of furan rings is 1. The third kappa shape index (κ3) is 3.13. The van der Waals surface area contributed by atoms with Gasteiger partial charge >= 0.3 is 5.69 Å². The van der Waals surface area contributed by atoms with Gasteiger partial charge in [0.15, 0.2) is 0 Å². The van der Waals surface area contributed by atoms with Crippen molar-refractivity contribution in [2.45, 2.75) is 51.2 Å². The second kappa shape index (κ2) is 5.92. The van der Waals surface area contributed by atoms with E-state index in [1.807, 2.05) is 17.0 Å². The number of amides is 1. The Kier molecular flexibility index (Phi) is 3.75. The predicted molar refractivity (Wildman–Crippen MR) is 87.3 cm³/mol. The van der Waals surface area contributed by atoms with Crippen LogP contribution in [0.2, 0.25) is 0 Å². The molecule has 2 fully saturated rings. The molecule has 2 saturated carbocycles. The lowest BCUT2D eigenvalue weighted by atomic mass is 10.3. The summed E-state index contributed by atoms with van der Waals surface area (Å²) in [6, 6.07) is 5.92. The van der Waals surface area contributed by atoms with Crippen molar-refractivity contribution < 1.29 is 9.21 Å². The molecule has 0 saturated heterocycles. The van der Waals surface area contributed by atoms with Gasteiger partial charge in [0, 0.05) is 24.4 Å². The summed E-state index contributed by atoms with van der Waals surface area (Å²) >= 11 is 0. The first kappa shape index (κ1) is 15.2. The minimum Gasteiger partial charge on any atom is -0.464 e. The number of nitrogens with zero attached hydrogens (tertiary/aromatic N) is 3. The maximum absolute atomic E-state index is 12.7. The average molecular weight is 327 g/mol. The maximum Gasteiger partial charge on any atom is 0.347 e. The van der Waals surface area contributed by atoms with E-state index in [0.717, 1.165) is 24.4 Å². The van der Waals surface area contributed by atoms with Gasteiger partial charge in [-0.05, 0) is 43.4 Å². The molecule has 2 aromatic heterocycles. The Bertz CT molecular complexity index is 806. The molecule has 2 aliphatic carbocycles. The van der Waals surface area contributed by atoms with Gasteiger partial charge in [-0.1, -0.05) is 6.92 Å². The van der Waals surface area contributed by atoms with Crippen molar-refractivity contribution in [3.8, 4) is 0 Å². The smallest absolute Gasteiger partial charge is 0.347 e. The molecule has 0 unspecified atom stereocenters. The molecule has 6 heteroatoms. The third-order valence-corrected chi connectivity index (χ3v) is 4.88. The molecular weight excluding hydrogens is 306 g/mol. The Morgan fingerprint density at radius 3 is 2.88 bits per heavy atom. The Hall–Kier alpha value is -2.37. The zero-order chi connectivity index (χ0) is 16.7. The number of hydrogen-bond acceptors (Lipinski definition) is 4. The molecule has 2 atom stereocenters. The number of carbonyl (C=O) groups excluding carboxylic acids is 1. The van der Waals surface area contributed by atoms with E-state index in [9.17, 15) is 9.59 Å². The minimum absolute atomic E-state index is 0.0242. The van der Waals surface area contributed by atoms with Crippen LogP contribution in [-0.4, -0.2) is 26.4 Å². The van der Waals surface area contributed by atoms with Gasteiger partial charge in [-0.2, -0.15) is 0 Å². The third-order valence-electron chi connectivity index (χ3n) is 4.88. The molecule has 24 heavy (non-hydrogen) atoms. The summed E-state index contributed by atoms with van der Waals surface area (Å²) in [6.45, 7) is 2.72. The summed E-state index contributed by atoms with van der Waals surface area (Å²) in [6.07, 6.45) is 6.24. The molecule has 126 valence electrons. The minimum atomic E-state index is -0.399. The van der Waals surface area contributed by atoms with Crippen molar-refractivity contribution in [1.29, 1.82) is 0 Å². The first-order valence-electron chi connectivity index (χ1n) is 8.51. The van der Waals surface area contributed by atoms with Crippen LogP contribution in [0.1, 0.15) is 43.6 Å². The monoisotopic (exact) mass is 327 g/mol. The number of rotatable bonds is 6. The quantitative estimate of drug-likeness (QED) is 0.815. The molecule has 4 rings (SSSR count). The summed E-state index contributed by atoms with van der Waals surface area (Å²) < 4.78 is 7.28. The fourth-order valence-electron chi connectivity index (χ4n) is 3.12. The van der Waals surface area contributed by atoms with E-state index in [1.54, 1.807) is 12.3 Å². The average Bonchev–Trinajstić information content (AvgIpc) is 3.48. The van der Waals surface area contributed by atoms with Crippen molar-refractivity contribution in [1.82, 2.24) is 14.5 Å². The fourth-order valence-corrected chi connectivity index (χ4v) is 3.12. The van der Waals surface area contributed by atoms with E-state index >= 15 is 0 Å². The lowest BCUT2D eigenvalue weighted by molar-refractivity contribution is -0.133. The van der Waals surface area contributed by atoms with Crippen LogP contribution in [-0.2, 0) is 17.9 Å². The van der Waals surface area contributed by atoms with Gasteiger partial charge in [-0.25, -0.2) is 9.78 Å². The first-order chi connectivity index (χ1) is 11.6. The zero-order valence-electron chi connectivity index (χ0n) is 13.7.